The van der Waals surface area contributed by atoms with Crippen molar-refractivity contribution in [3.63, 3.8) is 0 Å². The van der Waals surface area contributed by atoms with Gasteiger partial charge in [0.05, 0.1) is 5.02 Å². The zero-order chi connectivity index (χ0) is 13.4. The normalized spacial score (nSPS) is 16.1. The lowest BCUT2D eigenvalue weighted by Gasteiger charge is -2.16. The molecule has 4 nitrogen and oxygen atoms in total. The van der Waals surface area contributed by atoms with Gasteiger partial charge in [-0.1, -0.05) is 24.4 Å². The van der Waals surface area contributed by atoms with E-state index in [1.165, 1.54) is 25.7 Å². The van der Waals surface area contributed by atoms with Crippen LogP contribution in [0.3, 0.4) is 0 Å². The van der Waals surface area contributed by atoms with E-state index in [9.17, 15) is 0 Å². The molecule has 5 heteroatoms. The SMILES string of the molecule is Cc1nnc(-c2ccc(N)cc2Cl)n1C1CCCC1. The fourth-order valence-corrected chi connectivity index (χ4v) is 3.14. The van der Waals surface area contributed by atoms with Crippen LogP contribution in [-0.4, -0.2) is 14.8 Å². The zero-order valence-electron chi connectivity index (χ0n) is 10.9. The van der Waals surface area contributed by atoms with Gasteiger partial charge in [-0.15, -0.1) is 10.2 Å². The fourth-order valence-electron chi connectivity index (χ4n) is 2.87. The predicted molar refractivity (Wildman–Crippen MR) is 77.1 cm³/mol. The number of aryl methyl sites for hydroxylation is 1. The molecule has 19 heavy (non-hydrogen) atoms. The lowest BCUT2D eigenvalue weighted by atomic mass is 10.1. The molecule has 1 aliphatic carbocycles. The number of hydrogen-bond acceptors (Lipinski definition) is 3. The largest absolute Gasteiger partial charge is 0.399 e. The smallest absolute Gasteiger partial charge is 0.165 e. The summed E-state index contributed by atoms with van der Waals surface area (Å²) in [6.07, 6.45) is 4.94. The number of aromatic nitrogens is 3. The number of nitrogens with two attached hydrogens (primary N) is 1. The number of rotatable bonds is 2. The van der Waals surface area contributed by atoms with E-state index < -0.39 is 0 Å². The Bertz CT molecular complexity index is 599. The number of nitrogens with zero attached hydrogens (tertiary/aromatic N) is 3. The van der Waals surface area contributed by atoms with E-state index in [4.69, 9.17) is 17.3 Å². The summed E-state index contributed by atoms with van der Waals surface area (Å²) in [6, 6.07) is 6.04. The van der Waals surface area contributed by atoms with Crippen LogP contribution in [0.25, 0.3) is 11.4 Å². The van der Waals surface area contributed by atoms with Gasteiger partial charge in [0.2, 0.25) is 0 Å². The summed E-state index contributed by atoms with van der Waals surface area (Å²) in [4.78, 5) is 0. The van der Waals surface area contributed by atoms with E-state index in [-0.39, 0.29) is 0 Å². The molecule has 0 radical (unpaired) electrons. The van der Waals surface area contributed by atoms with Crippen molar-refractivity contribution >= 4 is 17.3 Å². The van der Waals surface area contributed by atoms with Gasteiger partial charge in [0.25, 0.3) is 0 Å². The van der Waals surface area contributed by atoms with Crippen molar-refractivity contribution in [2.24, 2.45) is 0 Å². The Balaban J connectivity index is 2.09. The summed E-state index contributed by atoms with van der Waals surface area (Å²) in [5.74, 6) is 1.81. The van der Waals surface area contributed by atoms with E-state index in [2.05, 4.69) is 14.8 Å². The van der Waals surface area contributed by atoms with E-state index in [0.717, 1.165) is 17.2 Å². The first-order valence-electron chi connectivity index (χ1n) is 6.63. The molecule has 2 N–H and O–H groups in total. The molecule has 0 amide bonds. The first-order valence-corrected chi connectivity index (χ1v) is 7.01. The molecule has 100 valence electrons. The zero-order valence-corrected chi connectivity index (χ0v) is 11.7. The van der Waals surface area contributed by atoms with Crippen molar-refractivity contribution in [1.29, 1.82) is 0 Å². The molecular weight excluding hydrogens is 260 g/mol. The highest BCUT2D eigenvalue weighted by Crippen LogP contribution is 2.36. The Labute approximate surface area is 117 Å². The van der Waals surface area contributed by atoms with Crippen LogP contribution < -0.4 is 5.73 Å². The maximum atomic E-state index is 6.29. The van der Waals surface area contributed by atoms with E-state index in [1.54, 1.807) is 6.07 Å². The van der Waals surface area contributed by atoms with Crippen LogP contribution in [0.15, 0.2) is 18.2 Å². The van der Waals surface area contributed by atoms with E-state index in [1.807, 2.05) is 19.1 Å². The topological polar surface area (TPSA) is 56.7 Å². The number of anilines is 1. The van der Waals surface area contributed by atoms with Gasteiger partial charge < -0.3 is 10.3 Å². The molecule has 0 bridgehead atoms. The second kappa shape index (κ2) is 4.85. The first kappa shape index (κ1) is 12.5. The maximum absolute atomic E-state index is 6.29. The highest BCUT2D eigenvalue weighted by Gasteiger charge is 2.23. The van der Waals surface area contributed by atoms with Gasteiger partial charge in [-0.3, -0.25) is 0 Å². The molecule has 0 spiro atoms. The molecule has 0 aliphatic heterocycles. The van der Waals surface area contributed by atoms with Gasteiger partial charge in [0, 0.05) is 17.3 Å². The van der Waals surface area contributed by atoms with Crippen molar-refractivity contribution in [1.82, 2.24) is 14.8 Å². The van der Waals surface area contributed by atoms with Crippen molar-refractivity contribution in [3.05, 3.63) is 29.0 Å². The van der Waals surface area contributed by atoms with Gasteiger partial charge >= 0.3 is 0 Å². The minimum Gasteiger partial charge on any atom is -0.399 e. The van der Waals surface area contributed by atoms with Gasteiger partial charge in [-0.25, -0.2) is 0 Å². The molecule has 1 fully saturated rings. The van der Waals surface area contributed by atoms with Crippen LogP contribution in [0, 0.1) is 6.92 Å². The van der Waals surface area contributed by atoms with Crippen LogP contribution in [0.2, 0.25) is 5.02 Å². The summed E-state index contributed by atoms with van der Waals surface area (Å²) in [7, 11) is 0. The Kier molecular flexibility index (Phi) is 3.19. The average molecular weight is 277 g/mol. The Morgan fingerprint density at radius 1 is 1.26 bits per heavy atom. The Hall–Kier alpha value is -1.55. The second-order valence-corrected chi connectivity index (χ2v) is 5.53. The van der Waals surface area contributed by atoms with Gasteiger partial charge in [-0.2, -0.15) is 0 Å². The fraction of sp³-hybridized carbons (Fsp3) is 0.429. The predicted octanol–water partition coefficient (Wildman–Crippen LogP) is 3.60. The molecule has 1 saturated carbocycles. The standard InChI is InChI=1S/C14H17ClN4/c1-9-17-18-14(19(9)11-4-2-3-5-11)12-7-6-10(16)8-13(12)15/h6-8,11H,2-5,16H2,1H3. The Morgan fingerprint density at radius 2 is 2.00 bits per heavy atom. The Morgan fingerprint density at radius 3 is 2.68 bits per heavy atom. The molecule has 1 aromatic heterocycles. The van der Waals surface area contributed by atoms with Crippen molar-refractivity contribution in [2.75, 3.05) is 5.73 Å². The molecule has 1 heterocycles. The number of benzene rings is 1. The second-order valence-electron chi connectivity index (χ2n) is 5.12. The van der Waals surface area contributed by atoms with E-state index in [0.29, 0.717) is 16.8 Å². The van der Waals surface area contributed by atoms with Gasteiger partial charge in [0.1, 0.15) is 5.82 Å². The third-order valence-corrected chi connectivity index (χ3v) is 4.10. The summed E-state index contributed by atoms with van der Waals surface area (Å²) >= 11 is 6.29. The lowest BCUT2D eigenvalue weighted by molar-refractivity contribution is 0.510. The first-order chi connectivity index (χ1) is 9.16. The number of hydrogen-bond donors (Lipinski definition) is 1. The van der Waals surface area contributed by atoms with Crippen LogP contribution in [0.5, 0.6) is 0 Å². The molecular formula is C14H17ClN4. The molecule has 2 aromatic rings. The third kappa shape index (κ3) is 2.21. The monoisotopic (exact) mass is 276 g/mol. The summed E-state index contributed by atoms with van der Waals surface area (Å²) in [5.41, 5.74) is 7.31. The van der Waals surface area contributed by atoms with Crippen LogP contribution >= 0.6 is 11.6 Å². The van der Waals surface area contributed by atoms with Crippen molar-refractivity contribution < 1.29 is 0 Å². The molecule has 1 aliphatic rings. The summed E-state index contributed by atoms with van der Waals surface area (Å²) in [6.45, 7) is 2.00. The molecule has 1 aromatic carbocycles. The van der Waals surface area contributed by atoms with E-state index >= 15 is 0 Å². The molecule has 3 rings (SSSR count). The summed E-state index contributed by atoms with van der Waals surface area (Å²) < 4.78 is 2.23. The quantitative estimate of drug-likeness (QED) is 0.853. The average Bonchev–Trinajstić information content (AvgIpc) is 2.98. The van der Waals surface area contributed by atoms with Crippen molar-refractivity contribution in [3.8, 4) is 11.4 Å². The number of nitrogen functional groups attached to an aromatic ring is 1. The highest BCUT2D eigenvalue weighted by atomic mass is 35.5. The minimum atomic E-state index is 0.499. The van der Waals surface area contributed by atoms with Crippen molar-refractivity contribution in [2.45, 2.75) is 38.6 Å². The highest BCUT2D eigenvalue weighted by molar-refractivity contribution is 6.33. The van der Waals surface area contributed by atoms with Gasteiger partial charge in [-0.05, 0) is 38.0 Å². The molecule has 0 saturated heterocycles. The molecule has 0 unspecified atom stereocenters. The van der Waals surface area contributed by atoms with Crippen LogP contribution in [-0.2, 0) is 0 Å². The third-order valence-electron chi connectivity index (χ3n) is 3.79. The van der Waals surface area contributed by atoms with Crippen LogP contribution in [0.4, 0.5) is 5.69 Å². The lowest BCUT2D eigenvalue weighted by Crippen LogP contribution is -2.09. The number of halogens is 1. The summed E-state index contributed by atoms with van der Waals surface area (Å²) in [5, 5.41) is 9.16. The van der Waals surface area contributed by atoms with Crippen LogP contribution in [0.1, 0.15) is 37.5 Å². The van der Waals surface area contributed by atoms with Gasteiger partial charge in [0.15, 0.2) is 5.82 Å². The minimum absolute atomic E-state index is 0.499. The maximum Gasteiger partial charge on any atom is 0.165 e. The molecule has 0 atom stereocenters.